The van der Waals surface area contributed by atoms with Gasteiger partial charge in [0.25, 0.3) is 0 Å². The maximum atomic E-state index is 11.9. The Morgan fingerprint density at radius 3 is 2.70 bits per heavy atom. The molecule has 1 aromatic rings. The van der Waals surface area contributed by atoms with Gasteiger partial charge in [0.05, 0.1) is 26.3 Å². The molecule has 1 fully saturated rings. The molecule has 1 aromatic carbocycles. The predicted octanol–water partition coefficient (Wildman–Crippen LogP) is 1.10. The van der Waals surface area contributed by atoms with Gasteiger partial charge in [-0.05, 0) is 24.1 Å². The van der Waals surface area contributed by atoms with Crippen molar-refractivity contribution in [1.29, 1.82) is 0 Å². The van der Waals surface area contributed by atoms with Gasteiger partial charge in [0.1, 0.15) is 0 Å². The highest BCUT2D eigenvalue weighted by atomic mass is 35.5. The van der Waals surface area contributed by atoms with Crippen molar-refractivity contribution in [3.05, 3.63) is 34.3 Å². The summed E-state index contributed by atoms with van der Waals surface area (Å²) in [4.78, 5) is 20.4. The zero-order chi connectivity index (χ0) is 19.6. The number of guanidine groups is 1. The first-order valence-electron chi connectivity index (χ1n) is 9.23. The molecule has 1 aliphatic rings. The third kappa shape index (κ3) is 7.74. The van der Waals surface area contributed by atoms with Crippen LogP contribution in [0.4, 0.5) is 0 Å². The molecule has 0 aliphatic carbocycles. The van der Waals surface area contributed by atoms with Crippen molar-refractivity contribution in [3.63, 3.8) is 0 Å². The average molecular weight is 396 g/mol. The molecular weight excluding hydrogens is 366 g/mol. The molecule has 7 nitrogen and oxygen atoms in total. The van der Waals surface area contributed by atoms with E-state index in [0.29, 0.717) is 12.5 Å². The van der Waals surface area contributed by atoms with Crippen LogP contribution in [0.15, 0.2) is 23.2 Å². The van der Waals surface area contributed by atoms with Crippen molar-refractivity contribution in [2.75, 3.05) is 60.0 Å². The van der Waals surface area contributed by atoms with Crippen LogP contribution in [0.25, 0.3) is 0 Å². The topological polar surface area (TPSA) is 69.2 Å². The zero-order valence-electron chi connectivity index (χ0n) is 16.4. The SMILES string of the molecule is Cc1cc(CN=C(NCCN2CCOCC2)NCC(=O)N(C)C)ccc1Cl. The van der Waals surface area contributed by atoms with Crippen molar-refractivity contribution < 1.29 is 9.53 Å². The second-order valence-electron chi connectivity index (χ2n) is 6.77. The number of aryl methyl sites for hydroxylation is 1. The lowest BCUT2D eigenvalue weighted by atomic mass is 10.1. The minimum atomic E-state index is 0.0000154. The van der Waals surface area contributed by atoms with Crippen molar-refractivity contribution >= 4 is 23.5 Å². The maximum Gasteiger partial charge on any atom is 0.241 e. The van der Waals surface area contributed by atoms with E-state index in [4.69, 9.17) is 16.3 Å². The molecule has 2 rings (SSSR count). The van der Waals surface area contributed by atoms with E-state index in [9.17, 15) is 4.79 Å². The van der Waals surface area contributed by atoms with E-state index < -0.39 is 0 Å². The Kier molecular flexibility index (Phi) is 8.84. The summed E-state index contributed by atoms with van der Waals surface area (Å²) in [6, 6.07) is 5.88. The first kappa shape index (κ1) is 21.5. The lowest BCUT2D eigenvalue weighted by Crippen LogP contribution is -2.46. The molecule has 0 saturated carbocycles. The summed E-state index contributed by atoms with van der Waals surface area (Å²) >= 11 is 6.08. The van der Waals surface area contributed by atoms with Crippen molar-refractivity contribution in [2.45, 2.75) is 13.5 Å². The number of carbonyl (C=O) groups is 1. The first-order valence-corrected chi connectivity index (χ1v) is 9.61. The van der Waals surface area contributed by atoms with E-state index >= 15 is 0 Å². The number of ether oxygens (including phenoxy) is 1. The first-order chi connectivity index (χ1) is 13.0. The summed E-state index contributed by atoms with van der Waals surface area (Å²) in [5.41, 5.74) is 2.10. The molecular formula is C19H30ClN5O2. The lowest BCUT2D eigenvalue weighted by molar-refractivity contribution is -0.127. The van der Waals surface area contributed by atoms with Crippen LogP contribution in [0.1, 0.15) is 11.1 Å². The number of likely N-dealkylation sites (N-methyl/N-ethyl adjacent to an activating group) is 1. The average Bonchev–Trinajstić information content (AvgIpc) is 2.66. The Labute approximate surface area is 166 Å². The molecule has 2 N–H and O–H groups in total. The predicted molar refractivity (Wildman–Crippen MR) is 109 cm³/mol. The lowest BCUT2D eigenvalue weighted by Gasteiger charge is -2.26. The highest BCUT2D eigenvalue weighted by Crippen LogP contribution is 2.16. The van der Waals surface area contributed by atoms with Gasteiger partial charge in [0, 0.05) is 45.3 Å². The van der Waals surface area contributed by atoms with Crippen LogP contribution in [-0.2, 0) is 16.1 Å². The van der Waals surface area contributed by atoms with Crippen LogP contribution in [0, 0.1) is 6.92 Å². The molecule has 0 spiro atoms. The Bertz CT molecular complexity index is 645. The highest BCUT2D eigenvalue weighted by molar-refractivity contribution is 6.31. The molecule has 0 unspecified atom stereocenters. The molecule has 1 saturated heterocycles. The van der Waals surface area contributed by atoms with Gasteiger partial charge in [-0.1, -0.05) is 23.7 Å². The Balaban J connectivity index is 1.92. The summed E-state index contributed by atoms with van der Waals surface area (Å²) < 4.78 is 5.37. The van der Waals surface area contributed by atoms with E-state index in [0.717, 1.165) is 55.5 Å². The number of rotatable bonds is 7. The highest BCUT2D eigenvalue weighted by Gasteiger charge is 2.10. The van der Waals surface area contributed by atoms with E-state index in [1.807, 2.05) is 25.1 Å². The summed E-state index contributed by atoms with van der Waals surface area (Å²) in [6.07, 6.45) is 0. The maximum absolute atomic E-state index is 11.9. The molecule has 8 heteroatoms. The second-order valence-corrected chi connectivity index (χ2v) is 7.18. The van der Waals surface area contributed by atoms with Crippen LogP contribution in [-0.4, -0.2) is 81.7 Å². The Hall–Kier alpha value is -1.83. The zero-order valence-corrected chi connectivity index (χ0v) is 17.2. The van der Waals surface area contributed by atoms with Gasteiger partial charge in [-0.3, -0.25) is 9.69 Å². The molecule has 1 aliphatic heterocycles. The minimum Gasteiger partial charge on any atom is -0.379 e. The number of hydrogen-bond donors (Lipinski definition) is 2. The van der Waals surface area contributed by atoms with E-state index in [-0.39, 0.29) is 12.5 Å². The van der Waals surface area contributed by atoms with Gasteiger partial charge >= 0.3 is 0 Å². The third-order valence-corrected chi connectivity index (χ3v) is 4.80. The van der Waals surface area contributed by atoms with Gasteiger partial charge in [0.2, 0.25) is 5.91 Å². The van der Waals surface area contributed by atoms with Crippen LogP contribution < -0.4 is 10.6 Å². The van der Waals surface area contributed by atoms with Gasteiger partial charge < -0.3 is 20.3 Å². The fourth-order valence-corrected chi connectivity index (χ4v) is 2.74. The number of hydrogen-bond acceptors (Lipinski definition) is 4. The molecule has 27 heavy (non-hydrogen) atoms. The third-order valence-electron chi connectivity index (χ3n) is 4.37. The summed E-state index contributed by atoms with van der Waals surface area (Å²) in [7, 11) is 3.48. The number of morpholine rings is 1. The number of aliphatic imine (C=N–C) groups is 1. The second kappa shape index (κ2) is 11.1. The van der Waals surface area contributed by atoms with Crippen LogP contribution in [0.3, 0.4) is 0 Å². The molecule has 0 radical (unpaired) electrons. The number of carbonyl (C=O) groups excluding carboxylic acids is 1. The van der Waals surface area contributed by atoms with Crippen molar-refractivity contribution in [1.82, 2.24) is 20.4 Å². The van der Waals surface area contributed by atoms with Gasteiger partial charge in [-0.25, -0.2) is 4.99 Å². The quantitative estimate of drug-likeness (QED) is 0.534. The number of nitrogens with one attached hydrogen (secondary N) is 2. The van der Waals surface area contributed by atoms with E-state index in [1.54, 1.807) is 19.0 Å². The normalized spacial score (nSPS) is 15.5. The smallest absolute Gasteiger partial charge is 0.241 e. The van der Waals surface area contributed by atoms with Gasteiger partial charge in [-0.15, -0.1) is 0 Å². The Morgan fingerprint density at radius 2 is 2.04 bits per heavy atom. The largest absolute Gasteiger partial charge is 0.379 e. The summed E-state index contributed by atoms with van der Waals surface area (Å²) in [5.74, 6) is 0.631. The fraction of sp³-hybridized carbons (Fsp3) is 0.579. The van der Waals surface area contributed by atoms with E-state index in [2.05, 4.69) is 20.5 Å². The van der Waals surface area contributed by atoms with E-state index in [1.165, 1.54) is 0 Å². The summed E-state index contributed by atoms with van der Waals surface area (Å²) in [6.45, 7) is 7.82. The molecule has 1 heterocycles. The molecule has 0 aromatic heterocycles. The van der Waals surface area contributed by atoms with Crippen molar-refractivity contribution in [3.8, 4) is 0 Å². The van der Waals surface area contributed by atoms with Crippen LogP contribution in [0.5, 0.6) is 0 Å². The molecule has 1 amide bonds. The Morgan fingerprint density at radius 1 is 1.30 bits per heavy atom. The fourth-order valence-electron chi connectivity index (χ4n) is 2.62. The minimum absolute atomic E-state index is 0.0000154. The number of nitrogens with zero attached hydrogens (tertiary/aromatic N) is 3. The van der Waals surface area contributed by atoms with Crippen LogP contribution in [0.2, 0.25) is 5.02 Å². The number of amides is 1. The molecule has 0 bridgehead atoms. The van der Waals surface area contributed by atoms with Crippen LogP contribution >= 0.6 is 11.6 Å². The van der Waals surface area contributed by atoms with Crippen molar-refractivity contribution in [2.24, 2.45) is 4.99 Å². The monoisotopic (exact) mass is 395 g/mol. The van der Waals surface area contributed by atoms with Gasteiger partial charge in [0.15, 0.2) is 5.96 Å². The standard InChI is InChI=1S/C19H30ClN5O2/c1-15-12-16(4-5-17(15)20)13-22-19(23-14-18(26)24(2)3)21-6-7-25-8-10-27-11-9-25/h4-5,12H,6-11,13-14H2,1-3H3,(H2,21,22,23). The summed E-state index contributed by atoms with van der Waals surface area (Å²) in [5, 5.41) is 7.18. The molecule has 150 valence electrons. The number of halogens is 1. The molecule has 0 atom stereocenters. The number of benzene rings is 1. The van der Waals surface area contributed by atoms with Gasteiger partial charge in [-0.2, -0.15) is 0 Å².